The van der Waals surface area contributed by atoms with Crippen molar-refractivity contribution in [1.29, 1.82) is 0 Å². The van der Waals surface area contributed by atoms with Gasteiger partial charge in [0.15, 0.2) is 0 Å². The second-order valence-corrected chi connectivity index (χ2v) is 9.02. The minimum atomic E-state index is -2.50. The first-order chi connectivity index (χ1) is 10.5. The maximum atomic E-state index is 6.00. The molecule has 0 spiro atoms. The van der Waals surface area contributed by atoms with Crippen LogP contribution in [0, 0.1) is 0 Å². The first-order valence-electron chi connectivity index (χ1n) is 8.45. The van der Waals surface area contributed by atoms with Crippen molar-refractivity contribution >= 4 is 8.80 Å². The molecule has 0 aromatic rings. The molecular formula is C17H36O4Si. The van der Waals surface area contributed by atoms with Crippen LogP contribution in [0.5, 0.6) is 0 Å². The number of ether oxygens (including phenoxy) is 1. The normalized spacial score (nSPS) is 13.3. The van der Waals surface area contributed by atoms with E-state index in [4.69, 9.17) is 18.0 Å². The molecule has 0 aliphatic carbocycles. The molecule has 0 fully saturated rings. The Hall–Kier alpha value is -0.203. The van der Waals surface area contributed by atoms with E-state index in [0.29, 0.717) is 6.61 Å². The summed E-state index contributed by atoms with van der Waals surface area (Å²) in [6.45, 7) is 8.78. The van der Waals surface area contributed by atoms with Gasteiger partial charge in [-0.3, -0.25) is 0 Å². The Kier molecular flexibility index (Phi) is 13.1. The van der Waals surface area contributed by atoms with E-state index in [1.165, 1.54) is 32.1 Å². The monoisotopic (exact) mass is 332 g/mol. The molecule has 4 nitrogen and oxygen atoms in total. The fraction of sp³-hybridized carbons (Fsp3) is 0.882. The smallest absolute Gasteiger partial charge is 0.377 e. The van der Waals surface area contributed by atoms with Crippen molar-refractivity contribution in [3.63, 3.8) is 0 Å². The molecule has 0 N–H and O–H groups in total. The maximum absolute atomic E-state index is 6.00. The van der Waals surface area contributed by atoms with Gasteiger partial charge < -0.3 is 18.0 Å². The molecule has 0 radical (unpaired) electrons. The van der Waals surface area contributed by atoms with Crippen LogP contribution < -0.4 is 0 Å². The van der Waals surface area contributed by atoms with E-state index >= 15 is 0 Å². The highest BCUT2D eigenvalue weighted by Gasteiger charge is 2.38. The lowest BCUT2D eigenvalue weighted by molar-refractivity contribution is 0.0511. The third-order valence-corrected chi connectivity index (χ3v) is 6.67. The fourth-order valence-corrected chi connectivity index (χ4v) is 4.23. The SMILES string of the molecule is C=C(C)COC(CCCCCCC)CC[Si](OC)(OC)OC. The van der Waals surface area contributed by atoms with Gasteiger partial charge in [0, 0.05) is 27.4 Å². The number of rotatable bonds is 15. The van der Waals surface area contributed by atoms with Crippen molar-refractivity contribution < 1.29 is 18.0 Å². The Bertz CT molecular complexity index is 272. The highest BCUT2D eigenvalue weighted by atomic mass is 28.4. The first kappa shape index (κ1) is 21.8. The van der Waals surface area contributed by atoms with Gasteiger partial charge in [-0.1, -0.05) is 51.2 Å². The topological polar surface area (TPSA) is 36.9 Å². The lowest BCUT2D eigenvalue weighted by atomic mass is 10.1. The molecule has 1 unspecified atom stereocenters. The lowest BCUT2D eigenvalue weighted by Crippen LogP contribution is -2.43. The van der Waals surface area contributed by atoms with Crippen molar-refractivity contribution in [2.75, 3.05) is 27.9 Å². The number of hydrogen-bond acceptors (Lipinski definition) is 4. The zero-order valence-corrected chi connectivity index (χ0v) is 16.3. The molecule has 0 aliphatic rings. The Morgan fingerprint density at radius 1 is 0.955 bits per heavy atom. The van der Waals surface area contributed by atoms with Crippen molar-refractivity contribution in [2.45, 2.75) is 70.9 Å². The standard InChI is InChI=1S/C17H36O4Si/c1-7-8-9-10-11-12-17(21-15-16(2)3)13-14-22(18-4,19-5)20-6/h17H,2,7-15H2,1,3-6H3. The summed E-state index contributed by atoms with van der Waals surface area (Å²) in [5.41, 5.74) is 1.06. The van der Waals surface area contributed by atoms with Crippen molar-refractivity contribution in [1.82, 2.24) is 0 Å². The average Bonchev–Trinajstić information content (AvgIpc) is 2.53. The first-order valence-corrected chi connectivity index (χ1v) is 10.4. The van der Waals surface area contributed by atoms with E-state index in [2.05, 4.69) is 13.5 Å². The minimum absolute atomic E-state index is 0.227. The quantitative estimate of drug-likeness (QED) is 0.250. The zero-order valence-electron chi connectivity index (χ0n) is 15.3. The number of hydrogen-bond donors (Lipinski definition) is 0. The summed E-state index contributed by atoms with van der Waals surface area (Å²) in [5, 5.41) is 0. The molecule has 5 heteroatoms. The molecule has 132 valence electrons. The van der Waals surface area contributed by atoms with Gasteiger partial charge in [-0.2, -0.15) is 0 Å². The van der Waals surface area contributed by atoms with Crippen LogP contribution in [0.1, 0.15) is 58.8 Å². The summed E-state index contributed by atoms with van der Waals surface area (Å²) in [6, 6.07) is 0.784. The van der Waals surface area contributed by atoms with Crippen LogP contribution in [0.2, 0.25) is 6.04 Å². The second kappa shape index (κ2) is 13.3. The van der Waals surface area contributed by atoms with E-state index in [0.717, 1.165) is 24.5 Å². The van der Waals surface area contributed by atoms with Gasteiger partial charge in [0.2, 0.25) is 0 Å². The summed E-state index contributed by atoms with van der Waals surface area (Å²) in [7, 11) is 2.48. The van der Waals surface area contributed by atoms with Crippen LogP contribution in [0.4, 0.5) is 0 Å². The third-order valence-electron chi connectivity index (χ3n) is 3.90. The van der Waals surface area contributed by atoms with Gasteiger partial charge in [0.1, 0.15) is 0 Å². The van der Waals surface area contributed by atoms with Crippen LogP contribution in [0.3, 0.4) is 0 Å². The molecule has 0 heterocycles. The Morgan fingerprint density at radius 2 is 1.55 bits per heavy atom. The van der Waals surface area contributed by atoms with E-state index < -0.39 is 8.80 Å². The van der Waals surface area contributed by atoms with E-state index in [1.54, 1.807) is 21.3 Å². The van der Waals surface area contributed by atoms with Crippen LogP contribution in [-0.2, 0) is 18.0 Å². The molecule has 0 saturated heterocycles. The highest BCUT2D eigenvalue weighted by molar-refractivity contribution is 6.60. The molecule has 22 heavy (non-hydrogen) atoms. The van der Waals surface area contributed by atoms with Crippen molar-refractivity contribution in [2.24, 2.45) is 0 Å². The third kappa shape index (κ3) is 9.74. The van der Waals surface area contributed by atoms with Gasteiger partial charge in [-0.05, 0) is 19.8 Å². The van der Waals surface area contributed by atoms with Gasteiger partial charge in [0.05, 0.1) is 12.7 Å². The maximum Gasteiger partial charge on any atom is 0.500 e. The fourth-order valence-electron chi connectivity index (χ4n) is 2.44. The molecule has 0 saturated carbocycles. The summed E-state index contributed by atoms with van der Waals surface area (Å²) < 4.78 is 22.5. The Morgan fingerprint density at radius 3 is 2.05 bits per heavy atom. The van der Waals surface area contributed by atoms with Crippen molar-refractivity contribution in [3.8, 4) is 0 Å². The van der Waals surface area contributed by atoms with E-state index in [1.807, 2.05) is 6.92 Å². The minimum Gasteiger partial charge on any atom is -0.377 e. The second-order valence-electron chi connectivity index (χ2n) is 5.93. The predicted molar refractivity (Wildman–Crippen MR) is 94.1 cm³/mol. The van der Waals surface area contributed by atoms with Crippen LogP contribution in [0.15, 0.2) is 12.2 Å². The molecular weight excluding hydrogens is 296 g/mol. The van der Waals surface area contributed by atoms with E-state index in [9.17, 15) is 0 Å². The largest absolute Gasteiger partial charge is 0.500 e. The van der Waals surface area contributed by atoms with Crippen LogP contribution in [0.25, 0.3) is 0 Å². The summed E-state index contributed by atoms with van der Waals surface area (Å²) in [6.07, 6.45) is 8.62. The van der Waals surface area contributed by atoms with Gasteiger partial charge in [-0.15, -0.1) is 0 Å². The molecule has 0 aromatic heterocycles. The molecule has 0 aliphatic heterocycles. The highest BCUT2D eigenvalue weighted by Crippen LogP contribution is 2.21. The summed E-state index contributed by atoms with van der Waals surface area (Å²) in [4.78, 5) is 0. The van der Waals surface area contributed by atoms with Crippen LogP contribution >= 0.6 is 0 Å². The summed E-state index contributed by atoms with van der Waals surface area (Å²) in [5.74, 6) is 0. The molecule has 0 aromatic carbocycles. The van der Waals surface area contributed by atoms with Gasteiger partial charge in [-0.25, -0.2) is 0 Å². The molecule has 1 atom stereocenters. The summed E-state index contributed by atoms with van der Waals surface area (Å²) >= 11 is 0. The van der Waals surface area contributed by atoms with E-state index in [-0.39, 0.29) is 6.10 Å². The molecule has 0 bridgehead atoms. The van der Waals surface area contributed by atoms with Crippen molar-refractivity contribution in [3.05, 3.63) is 12.2 Å². The lowest BCUT2D eigenvalue weighted by Gasteiger charge is -2.26. The average molecular weight is 333 g/mol. The van der Waals surface area contributed by atoms with Crippen LogP contribution in [-0.4, -0.2) is 42.8 Å². The predicted octanol–water partition coefficient (Wildman–Crippen LogP) is 4.58. The molecule has 0 amide bonds. The Balaban J connectivity index is 4.29. The number of unbranched alkanes of at least 4 members (excludes halogenated alkanes) is 4. The molecule has 0 rings (SSSR count). The van der Waals surface area contributed by atoms with Gasteiger partial charge in [0.25, 0.3) is 0 Å². The Labute approximate surface area is 138 Å². The van der Waals surface area contributed by atoms with Gasteiger partial charge >= 0.3 is 8.80 Å². The zero-order chi connectivity index (χ0) is 16.8.